The number of aliphatic hydroxyl groups is 1. The number of nitrogens with one attached hydrogen (secondary N) is 1. The molecule has 5 N–H and O–H groups in total. The number of phenols is 1. The number of phenolic OH excluding ortho intramolecular Hbond substituents is 1. The Hall–Kier alpha value is -2.86. The van der Waals surface area contributed by atoms with Crippen molar-refractivity contribution in [2.45, 2.75) is 43.6 Å². The molecule has 11 heteroatoms. The fraction of sp³-hybridized carbons (Fsp3) is 0.276. The van der Waals surface area contributed by atoms with Crippen molar-refractivity contribution < 1.29 is 57.5 Å². The van der Waals surface area contributed by atoms with Crippen LogP contribution in [-0.4, -0.2) is 41.1 Å². The molecule has 40 heavy (non-hydrogen) atoms. The Morgan fingerprint density at radius 1 is 1.10 bits per heavy atom. The number of rotatable bonds is 8. The molecule has 0 aromatic heterocycles. The van der Waals surface area contributed by atoms with E-state index in [1.807, 2.05) is 36.4 Å². The standard InChI is InChI=1S/C29H33N3O6S.Na/c30-29-31-18-22-4-1-3-21(15-22)17-24-16-20(8-14-28(24)38-19-32-29)7-13-26(39(35,36)37)5-2-6-27(34)23-9-11-25(33)12-10-23;/h1-4,6,8-12,14-16,26-27,33-34H,5,7,13,17-19H2,(H3,30,31,32)(H,35,36,37);/q;+1/p-1. The number of allylic oxidation sites excluding steroid dienone is 1. The van der Waals surface area contributed by atoms with Crippen molar-refractivity contribution in [3.8, 4) is 11.5 Å². The molecule has 0 amide bonds. The normalized spacial score (nSPS) is 15.2. The van der Waals surface area contributed by atoms with Crippen LogP contribution in [0, 0.1) is 0 Å². The molecule has 0 saturated carbocycles. The first-order valence-corrected chi connectivity index (χ1v) is 14.1. The molecule has 0 fully saturated rings. The van der Waals surface area contributed by atoms with Crippen molar-refractivity contribution in [2.24, 2.45) is 10.7 Å². The van der Waals surface area contributed by atoms with Gasteiger partial charge < -0.3 is 30.6 Å². The summed E-state index contributed by atoms with van der Waals surface area (Å²) in [5.41, 5.74) is 10.4. The number of aliphatic imine (C=N–C) groups is 1. The van der Waals surface area contributed by atoms with Crippen molar-refractivity contribution in [2.75, 3.05) is 6.73 Å². The number of aliphatic hydroxyl groups excluding tert-OH is 1. The zero-order valence-corrected chi connectivity index (χ0v) is 25.2. The summed E-state index contributed by atoms with van der Waals surface area (Å²) in [6, 6.07) is 19.8. The number of guanidine groups is 1. The van der Waals surface area contributed by atoms with Gasteiger partial charge in [-0.15, -0.1) is 0 Å². The summed E-state index contributed by atoms with van der Waals surface area (Å²) in [5.74, 6) is 1.02. The third-order valence-electron chi connectivity index (χ3n) is 6.55. The number of hydrogen-bond donors (Lipinski definition) is 4. The van der Waals surface area contributed by atoms with Crippen molar-refractivity contribution in [1.82, 2.24) is 5.32 Å². The smallest absolute Gasteiger partial charge is 0.748 e. The van der Waals surface area contributed by atoms with Gasteiger partial charge in [-0.3, -0.25) is 0 Å². The van der Waals surface area contributed by atoms with Gasteiger partial charge in [0.2, 0.25) is 0 Å². The van der Waals surface area contributed by atoms with E-state index in [1.165, 1.54) is 24.3 Å². The average Bonchev–Trinajstić information content (AvgIpc) is 2.89. The first kappa shape index (κ1) is 31.7. The van der Waals surface area contributed by atoms with Gasteiger partial charge in [-0.05, 0) is 65.3 Å². The predicted molar refractivity (Wildman–Crippen MR) is 148 cm³/mol. The molecule has 2 atom stereocenters. The monoisotopic (exact) mass is 573 g/mol. The first-order valence-electron chi connectivity index (χ1n) is 12.6. The first-order chi connectivity index (χ1) is 18.7. The fourth-order valence-electron chi connectivity index (χ4n) is 4.41. The molecule has 1 aliphatic heterocycles. The summed E-state index contributed by atoms with van der Waals surface area (Å²) < 4.78 is 41.8. The van der Waals surface area contributed by atoms with Crippen LogP contribution in [0.3, 0.4) is 0 Å². The van der Waals surface area contributed by atoms with Crippen LogP contribution in [0.4, 0.5) is 0 Å². The van der Waals surface area contributed by atoms with E-state index in [0.29, 0.717) is 30.7 Å². The molecule has 1 aliphatic rings. The number of ether oxygens (including phenoxy) is 1. The molecule has 0 spiro atoms. The van der Waals surface area contributed by atoms with E-state index in [9.17, 15) is 23.2 Å². The number of hydrogen-bond acceptors (Lipinski definition) is 9. The summed E-state index contributed by atoms with van der Waals surface area (Å²) >= 11 is 0. The zero-order chi connectivity index (χ0) is 27.8. The van der Waals surface area contributed by atoms with Crippen LogP contribution in [0.2, 0.25) is 0 Å². The van der Waals surface area contributed by atoms with Gasteiger partial charge in [0.1, 0.15) is 11.5 Å². The zero-order valence-electron chi connectivity index (χ0n) is 22.4. The van der Waals surface area contributed by atoms with Gasteiger partial charge in [-0.2, -0.15) is 0 Å². The Bertz CT molecular complexity index is 1440. The van der Waals surface area contributed by atoms with Gasteiger partial charge in [-0.25, -0.2) is 13.4 Å². The second kappa shape index (κ2) is 14.7. The van der Waals surface area contributed by atoms with Gasteiger partial charge >= 0.3 is 29.6 Å². The Morgan fingerprint density at radius 3 is 2.60 bits per heavy atom. The van der Waals surface area contributed by atoms with Crippen LogP contribution in [0.1, 0.15) is 46.8 Å². The van der Waals surface area contributed by atoms with Crippen LogP contribution in [0.15, 0.2) is 83.9 Å². The van der Waals surface area contributed by atoms with E-state index in [4.69, 9.17) is 10.5 Å². The number of aromatic hydroxyl groups is 1. The van der Waals surface area contributed by atoms with Gasteiger partial charge in [0.25, 0.3) is 0 Å². The molecule has 4 rings (SSSR count). The van der Waals surface area contributed by atoms with E-state index in [1.54, 1.807) is 12.1 Å². The topological polar surface area (TPSA) is 157 Å². The maximum absolute atomic E-state index is 12.0. The molecule has 206 valence electrons. The third kappa shape index (κ3) is 9.36. The van der Waals surface area contributed by atoms with Gasteiger partial charge in [0.15, 0.2) is 12.7 Å². The van der Waals surface area contributed by atoms with Gasteiger partial charge in [0.05, 0.1) is 21.5 Å². The predicted octanol–water partition coefficient (Wildman–Crippen LogP) is 0.268. The fourth-order valence-corrected chi connectivity index (χ4v) is 5.16. The number of nitrogens with zero attached hydrogens (tertiary/aromatic N) is 1. The molecule has 0 saturated heterocycles. The minimum Gasteiger partial charge on any atom is -0.748 e. The van der Waals surface area contributed by atoms with E-state index < -0.39 is 21.5 Å². The molecule has 2 bridgehead atoms. The van der Waals surface area contributed by atoms with Crippen molar-refractivity contribution >= 4 is 16.1 Å². The van der Waals surface area contributed by atoms with Crippen molar-refractivity contribution in [3.63, 3.8) is 0 Å². The van der Waals surface area contributed by atoms with Gasteiger partial charge in [0, 0.05) is 13.0 Å². The number of nitrogens with two attached hydrogens (primary N) is 1. The molecule has 9 nitrogen and oxygen atoms in total. The van der Waals surface area contributed by atoms with Crippen LogP contribution >= 0.6 is 0 Å². The van der Waals surface area contributed by atoms with E-state index in [2.05, 4.69) is 16.4 Å². The number of fused-ring (bicyclic) bond motifs is 3. The molecule has 0 radical (unpaired) electrons. The molecule has 3 aromatic rings. The van der Waals surface area contributed by atoms with E-state index in [0.717, 1.165) is 22.3 Å². The Balaban J connectivity index is 0.00000441. The van der Waals surface area contributed by atoms with Gasteiger partial charge in [-0.1, -0.05) is 60.7 Å². The molecule has 1 heterocycles. The Kier molecular flexibility index (Phi) is 11.6. The van der Waals surface area contributed by atoms with Crippen LogP contribution in [0.5, 0.6) is 11.5 Å². The molecule has 0 aliphatic carbocycles. The average molecular weight is 574 g/mol. The summed E-state index contributed by atoms with van der Waals surface area (Å²) in [5, 5.41) is 21.6. The number of aryl methyl sites for hydroxylation is 1. The SMILES string of the molecule is NC1=NCOc2ccc(CCC(CC=CC(O)c3ccc(O)cc3)S(=O)(=O)[O-])cc2Cc2cccc(c2)CN1.[Na+]. The minimum atomic E-state index is -4.56. The van der Waals surface area contributed by atoms with Crippen LogP contribution < -0.4 is 45.3 Å². The maximum Gasteiger partial charge on any atom is 1.00 e. The molecule has 2 unspecified atom stereocenters. The van der Waals surface area contributed by atoms with E-state index in [-0.39, 0.29) is 60.8 Å². The molecular formula is C29H32N3NaO6S. The summed E-state index contributed by atoms with van der Waals surface area (Å²) in [4.78, 5) is 4.19. The Morgan fingerprint density at radius 2 is 1.85 bits per heavy atom. The summed E-state index contributed by atoms with van der Waals surface area (Å²) in [7, 11) is -4.56. The third-order valence-corrected chi connectivity index (χ3v) is 7.80. The van der Waals surface area contributed by atoms with E-state index >= 15 is 0 Å². The van der Waals surface area contributed by atoms with Crippen LogP contribution in [0.25, 0.3) is 0 Å². The largest absolute Gasteiger partial charge is 1.00 e. The second-order valence-corrected chi connectivity index (χ2v) is 11.1. The quantitative estimate of drug-likeness (QED) is 0.170. The summed E-state index contributed by atoms with van der Waals surface area (Å²) in [6.07, 6.45) is 3.08. The Labute approximate surface area is 256 Å². The minimum absolute atomic E-state index is 0. The molecular weight excluding hydrogens is 541 g/mol. The number of benzene rings is 3. The van der Waals surface area contributed by atoms with Crippen molar-refractivity contribution in [3.05, 3.63) is 107 Å². The molecule has 3 aromatic carbocycles. The summed E-state index contributed by atoms with van der Waals surface area (Å²) in [6.45, 7) is 0.597. The van der Waals surface area contributed by atoms with Crippen LogP contribution in [-0.2, 0) is 29.5 Å². The maximum atomic E-state index is 12.0. The van der Waals surface area contributed by atoms with Crippen molar-refractivity contribution in [1.29, 1.82) is 0 Å². The second-order valence-electron chi connectivity index (χ2n) is 9.46.